The molecule has 0 aromatic heterocycles. The van der Waals surface area contributed by atoms with Gasteiger partial charge in [0.05, 0.1) is 6.54 Å². The van der Waals surface area contributed by atoms with Gasteiger partial charge in [-0.05, 0) is 42.8 Å². The molecule has 0 saturated heterocycles. The van der Waals surface area contributed by atoms with Crippen molar-refractivity contribution in [2.24, 2.45) is 0 Å². The minimum absolute atomic E-state index is 0.264. The Morgan fingerprint density at radius 3 is 2.55 bits per heavy atom. The summed E-state index contributed by atoms with van der Waals surface area (Å²) in [5.41, 5.74) is 1.61. The van der Waals surface area contributed by atoms with Crippen LogP contribution < -0.4 is 10.1 Å². The Labute approximate surface area is 129 Å². The number of rotatable bonds is 5. The molecule has 0 fully saturated rings. The summed E-state index contributed by atoms with van der Waals surface area (Å²) < 4.78 is 18.5. The molecule has 0 spiro atoms. The Kier molecular flexibility index (Phi) is 5.36. The first kappa shape index (κ1) is 15.8. The van der Waals surface area contributed by atoms with Crippen molar-refractivity contribution >= 4 is 11.7 Å². The van der Waals surface area contributed by atoms with E-state index in [0.29, 0.717) is 18.8 Å². The number of ether oxygens (including phenoxy) is 1. The van der Waals surface area contributed by atoms with E-state index in [2.05, 4.69) is 5.32 Å². The Morgan fingerprint density at radius 1 is 1.18 bits per heavy atom. The average Bonchev–Trinajstić information content (AvgIpc) is 2.51. The predicted octanol–water partition coefficient (Wildman–Crippen LogP) is 3.68. The van der Waals surface area contributed by atoms with Crippen molar-refractivity contribution in [3.63, 3.8) is 0 Å². The van der Waals surface area contributed by atoms with E-state index in [1.807, 2.05) is 31.2 Å². The van der Waals surface area contributed by atoms with Gasteiger partial charge in [0.15, 0.2) is 0 Å². The predicted molar refractivity (Wildman–Crippen MR) is 84.7 cm³/mol. The number of hydrogen-bond donors (Lipinski definition) is 1. The second kappa shape index (κ2) is 7.45. The summed E-state index contributed by atoms with van der Waals surface area (Å²) in [6.45, 7) is 2.82. The first-order valence-corrected chi connectivity index (χ1v) is 7.02. The largest absolute Gasteiger partial charge is 0.491 e. The number of benzene rings is 2. The maximum Gasteiger partial charge on any atom is 0.321 e. The molecule has 2 rings (SSSR count). The lowest BCUT2D eigenvalue weighted by molar-refractivity contribution is 0.207. The van der Waals surface area contributed by atoms with Gasteiger partial charge in [-0.2, -0.15) is 0 Å². The van der Waals surface area contributed by atoms with Crippen molar-refractivity contribution in [1.82, 2.24) is 4.90 Å². The van der Waals surface area contributed by atoms with Crippen molar-refractivity contribution in [2.45, 2.75) is 6.92 Å². The van der Waals surface area contributed by atoms with Crippen molar-refractivity contribution in [3.8, 4) is 5.75 Å². The molecule has 0 atom stereocenters. The van der Waals surface area contributed by atoms with Gasteiger partial charge in [0.2, 0.25) is 0 Å². The third-order valence-electron chi connectivity index (χ3n) is 3.22. The van der Waals surface area contributed by atoms with Gasteiger partial charge < -0.3 is 15.0 Å². The van der Waals surface area contributed by atoms with Crippen LogP contribution in [0, 0.1) is 12.7 Å². The number of anilines is 1. The molecule has 22 heavy (non-hydrogen) atoms. The fraction of sp³-hybridized carbons (Fsp3) is 0.235. The van der Waals surface area contributed by atoms with Crippen LogP contribution in [0.2, 0.25) is 0 Å². The highest BCUT2D eigenvalue weighted by atomic mass is 19.1. The number of urea groups is 1. The molecule has 0 aliphatic carbocycles. The SMILES string of the molecule is Cc1ccccc1OCCN(C)C(=O)Nc1ccc(F)cc1. The quantitative estimate of drug-likeness (QED) is 0.915. The molecule has 4 nitrogen and oxygen atoms in total. The number of carbonyl (C=O) groups is 1. The Balaban J connectivity index is 1.79. The monoisotopic (exact) mass is 302 g/mol. The zero-order valence-electron chi connectivity index (χ0n) is 12.7. The van der Waals surface area contributed by atoms with Crippen LogP contribution in [0.25, 0.3) is 0 Å². The molecule has 0 aliphatic rings. The van der Waals surface area contributed by atoms with Crippen molar-refractivity contribution < 1.29 is 13.9 Å². The third-order valence-corrected chi connectivity index (χ3v) is 3.22. The summed E-state index contributed by atoms with van der Waals surface area (Å²) in [4.78, 5) is 13.5. The average molecular weight is 302 g/mol. The second-order valence-electron chi connectivity index (χ2n) is 4.97. The summed E-state index contributed by atoms with van der Waals surface area (Å²) in [6, 6.07) is 13.1. The lowest BCUT2D eigenvalue weighted by Gasteiger charge is -2.18. The summed E-state index contributed by atoms with van der Waals surface area (Å²) >= 11 is 0. The molecule has 0 heterocycles. The minimum Gasteiger partial charge on any atom is -0.491 e. The molecule has 0 saturated carbocycles. The maximum absolute atomic E-state index is 12.8. The molecule has 0 bridgehead atoms. The van der Waals surface area contributed by atoms with Crippen LogP contribution in [0.5, 0.6) is 5.75 Å². The Hall–Kier alpha value is -2.56. The lowest BCUT2D eigenvalue weighted by atomic mass is 10.2. The van der Waals surface area contributed by atoms with Gasteiger partial charge in [-0.25, -0.2) is 9.18 Å². The lowest BCUT2D eigenvalue weighted by Crippen LogP contribution is -2.34. The molecule has 0 radical (unpaired) electrons. The van der Waals surface area contributed by atoms with Gasteiger partial charge in [0, 0.05) is 12.7 Å². The highest BCUT2D eigenvalue weighted by Crippen LogP contribution is 2.16. The van der Waals surface area contributed by atoms with Crippen molar-refractivity contribution in [3.05, 3.63) is 59.9 Å². The van der Waals surface area contributed by atoms with Gasteiger partial charge in [-0.15, -0.1) is 0 Å². The van der Waals surface area contributed by atoms with Gasteiger partial charge in [-0.1, -0.05) is 18.2 Å². The standard InChI is InChI=1S/C17H19FN2O2/c1-13-5-3-4-6-16(13)22-12-11-20(2)17(21)19-15-9-7-14(18)8-10-15/h3-10H,11-12H2,1-2H3,(H,19,21). The molecule has 5 heteroatoms. The summed E-state index contributed by atoms with van der Waals surface area (Å²) in [6.07, 6.45) is 0. The number of nitrogens with zero attached hydrogens (tertiary/aromatic N) is 1. The summed E-state index contributed by atoms with van der Waals surface area (Å²) in [5, 5.41) is 2.69. The zero-order chi connectivity index (χ0) is 15.9. The first-order valence-electron chi connectivity index (χ1n) is 7.02. The van der Waals surface area contributed by atoms with E-state index in [0.717, 1.165) is 11.3 Å². The molecule has 116 valence electrons. The van der Waals surface area contributed by atoms with E-state index in [1.54, 1.807) is 7.05 Å². The van der Waals surface area contributed by atoms with Gasteiger partial charge >= 0.3 is 6.03 Å². The summed E-state index contributed by atoms with van der Waals surface area (Å²) in [7, 11) is 1.68. The highest BCUT2D eigenvalue weighted by Gasteiger charge is 2.09. The Morgan fingerprint density at radius 2 is 1.86 bits per heavy atom. The minimum atomic E-state index is -0.335. The second-order valence-corrected chi connectivity index (χ2v) is 4.97. The molecule has 2 aromatic rings. The zero-order valence-corrected chi connectivity index (χ0v) is 12.7. The topological polar surface area (TPSA) is 41.6 Å². The van der Waals surface area contributed by atoms with Crippen LogP contribution in [0.3, 0.4) is 0 Å². The molecular formula is C17H19FN2O2. The summed E-state index contributed by atoms with van der Waals surface area (Å²) in [5.74, 6) is 0.479. The van der Waals surface area contributed by atoms with Crippen LogP contribution >= 0.6 is 0 Å². The number of aryl methyl sites for hydroxylation is 1. The number of likely N-dealkylation sites (N-methyl/N-ethyl adjacent to an activating group) is 1. The van der Waals surface area contributed by atoms with Gasteiger partial charge in [-0.3, -0.25) is 0 Å². The van der Waals surface area contributed by atoms with E-state index < -0.39 is 0 Å². The Bertz CT molecular complexity index is 629. The number of para-hydroxylation sites is 1. The van der Waals surface area contributed by atoms with E-state index in [9.17, 15) is 9.18 Å². The number of hydrogen-bond acceptors (Lipinski definition) is 2. The van der Waals surface area contributed by atoms with E-state index in [4.69, 9.17) is 4.74 Å². The number of amides is 2. The fourth-order valence-corrected chi connectivity index (χ4v) is 1.86. The molecule has 0 aliphatic heterocycles. The van der Waals surface area contributed by atoms with E-state index >= 15 is 0 Å². The first-order chi connectivity index (χ1) is 10.6. The number of nitrogens with one attached hydrogen (secondary N) is 1. The van der Waals surface area contributed by atoms with Gasteiger partial charge in [0.25, 0.3) is 0 Å². The van der Waals surface area contributed by atoms with E-state index in [1.165, 1.54) is 29.2 Å². The molecular weight excluding hydrogens is 283 g/mol. The fourth-order valence-electron chi connectivity index (χ4n) is 1.86. The third kappa shape index (κ3) is 4.48. The van der Waals surface area contributed by atoms with Crippen LogP contribution in [0.15, 0.2) is 48.5 Å². The molecule has 0 unspecified atom stereocenters. The molecule has 2 amide bonds. The van der Waals surface area contributed by atoms with Gasteiger partial charge in [0.1, 0.15) is 18.2 Å². The molecule has 2 aromatic carbocycles. The van der Waals surface area contributed by atoms with Crippen molar-refractivity contribution in [1.29, 1.82) is 0 Å². The van der Waals surface area contributed by atoms with E-state index in [-0.39, 0.29) is 11.8 Å². The number of carbonyl (C=O) groups excluding carboxylic acids is 1. The van der Waals surface area contributed by atoms with Crippen LogP contribution in [-0.2, 0) is 0 Å². The smallest absolute Gasteiger partial charge is 0.321 e. The normalized spacial score (nSPS) is 10.1. The number of halogens is 1. The van der Waals surface area contributed by atoms with Crippen LogP contribution in [0.4, 0.5) is 14.9 Å². The molecule has 1 N–H and O–H groups in total. The van der Waals surface area contributed by atoms with Crippen LogP contribution in [0.1, 0.15) is 5.56 Å². The van der Waals surface area contributed by atoms with Crippen molar-refractivity contribution in [2.75, 3.05) is 25.5 Å². The highest BCUT2D eigenvalue weighted by molar-refractivity contribution is 5.89. The van der Waals surface area contributed by atoms with Crippen LogP contribution in [-0.4, -0.2) is 31.1 Å². The maximum atomic E-state index is 12.8.